The number of carbonyl (C=O) groups is 3. The summed E-state index contributed by atoms with van der Waals surface area (Å²) in [5, 5.41) is 9.22. The molecule has 23 heavy (non-hydrogen) atoms. The second-order valence-corrected chi connectivity index (χ2v) is 5.10. The molecule has 0 aliphatic heterocycles. The molecule has 0 aromatic heterocycles. The molecule has 2 rings (SSSR count). The molecular formula is C18H16O5. The van der Waals surface area contributed by atoms with Crippen LogP contribution in [0.3, 0.4) is 0 Å². The van der Waals surface area contributed by atoms with E-state index in [1.54, 1.807) is 30.3 Å². The summed E-state index contributed by atoms with van der Waals surface area (Å²) in [6.07, 6.45) is 0. The van der Waals surface area contributed by atoms with Crippen molar-refractivity contribution in [2.24, 2.45) is 0 Å². The maximum absolute atomic E-state index is 12.5. The van der Waals surface area contributed by atoms with Gasteiger partial charge in [0.2, 0.25) is 0 Å². The van der Waals surface area contributed by atoms with Crippen LogP contribution in [-0.4, -0.2) is 22.8 Å². The third-order valence-electron chi connectivity index (χ3n) is 3.40. The number of ketones is 1. The quantitative estimate of drug-likeness (QED) is 0.521. The van der Waals surface area contributed by atoms with Crippen LogP contribution in [0, 0.1) is 0 Å². The zero-order valence-electron chi connectivity index (χ0n) is 12.8. The third kappa shape index (κ3) is 3.83. The number of carboxylic acids is 1. The maximum Gasteiger partial charge on any atom is 0.310 e. The molecule has 1 unspecified atom stereocenters. The molecule has 0 radical (unpaired) electrons. The largest absolute Gasteiger partial charge is 0.481 e. The Morgan fingerprint density at radius 3 is 2.22 bits per heavy atom. The van der Waals surface area contributed by atoms with Crippen molar-refractivity contribution in [1.29, 1.82) is 0 Å². The molecule has 1 N–H and O–H groups in total. The number of aliphatic carboxylic acids is 1. The normalized spacial score (nSPS) is 11.6. The van der Waals surface area contributed by atoms with E-state index in [0.717, 1.165) is 0 Å². The summed E-state index contributed by atoms with van der Waals surface area (Å²) in [4.78, 5) is 34.9. The van der Waals surface area contributed by atoms with Crippen molar-refractivity contribution >= 4 is 17.7 Å². The van der Waals surface area contributed by atoms with Crippen molar-refractivity contribution in [3.8, 4) is 5.75 Å². The van der Waals surface area contributed by atoms with Gasteiger partial charge in [-0.15, -0.1) is 0 Å². The van der Waals surface area contributed by atoms with E-state index in [-0.39, 0.29) is 17.1 Å². The molecule has 0 bridgehead atoms. The van der Waals surface area contributed by atoms with Gasteiger partial charge >= 0.3 is 11.9 Å². The van der Waals surface area contributed by atoms with Gasteiger partial charge in [-0.25, -0.2) is 0 Å². The first-order valence-corrected chi connectivity index (χ1v) is 7.05. The molecule has 0 aliphatic rings. The molecular weight excluding hydrogens is 296 g/mol. The van der Waals surface area contributed by atoms with Crippen molar-refractivity contribution in [3.05, 3.63) is 65.2 Å². The monoisotopic (exact) mass is 312 g/mol. The van der Waals surface area contributed by atoms with Crippen LogP contribution < -0.4 is 4.74 Å². The van der Waals surface area contributed by atoms with E-state index in [2.05, 4.69) is 0 Å². The predicted molar refractivity (Wildman–Crippen MR) is 83.7 cm³/mol. The highest BCUT2D eigenvalue weighted by Gasteiger charge is 2.21. The van der Waals surface area contributed by atoms with E-state index in [1.165, 1.54) is 32.0 Å². The molecule has 0 saturated heterocycles. The van der Waals surface area contributed by atoms with Gasteiger partial charge in [0, 0.05) is 23.6 Å². The van der Waals surface area contributed by atoms with Crippen LogP contribution in [0.25, 0.3) is 0 Å². The molecule has 0 saturated carbocycles. The highest BCUT2D eigenvalue weighted by Crippen LogP contribution is 2.29. The van der Waals surface area contributed by atoms with Crippen LogP contribution >= 0.6 is 0 Å². The molecule has 0 heterocycles. The fourth-order valence-corrected chi connectivity index (χ4v) is 2.17. The lowest BCUT2D eigenvalue weighted by Gasteiger charge is -2.14. The molecule has 2 aromatic rings. The first-order valence-electron chi connectivity index (χ1n) is 7.05. The third-order valence-corrected chi connectivity index (χ3v) is 3.40. The van der Waals surface area contributed by atoms with Crippen molar-refractivity contribution in [2.75, 3.05) is 0 Å². The van der Waals surface area contributed by atoms with E-state index in [4.69, 9.17) is 4.74 Å². The minimum absolute atomic E-state index is 0.150. The second kappa shape index (κ2) is 6.87. The molecule has 0 fully saturated rings. The predicted octanol–water partition coefficient (Wildman–Crippen LogP) is 3.03. The van der Waals surface area contributed by atoms with Crippen molar-refractivity contribution < 1.29 is 24.2 Å². The van der Waals surface area contributed by atoms with Crippen LogP contribution in [0.1, 0.15) is 41.3 Å². The lowest BCUT2D eigenvalue weighted by molar-refractivity contribution is -0.138. The van der Waals surface area contributed by atoms with E-state index >= 15 is 0 Å². The van der Waals surface area contributed by atoms with Gasteiger partial charge in [-0.1, -0.05) is 30.3 Å². The van der Waals surface area contributed by atoms with Crippen molar-refractivity contribution in [3.63, 3.8) is 0 Å². The molecule has 0 aliphatic carbocycles. The summed E-state index contributed by atoms with van der Waals surface area (Å²) in [5.74, 6) is -2.60. The highest BCUT2D eigenvalue weighted by molar-refractivity contribution is 6.09. The van der Waals surface area contributed by atoms with E-state index in [9.17, 15) is 19.5 Å². The molecule has 0 spiro atoms. The van der Waals surface area contributed by atoms with E-state index in [1.807, 2.05) is 0 Å². The number of esters is 1. The van der Waals surface area contributed by atoms with Crippen LogP contribution in [0.15, 0.2) is 48.5 Å². The Hall–Kier alpha value is -2.95. The number of carbonyl (C=O) groups excluding carboxylic acids is 2. The van der Waals surface area contributed by atoms with Gasteiger partial charge in [0.25, 0.3) is 0 Å². The molecule has 1 atom stereocenters. The summed E-state index contributed by atoms with van der Waals surface area (Å²) in [5.41, 5.74) is 1.13. The zero-order chi connectivity index (χ0) is 17.0. The standard InChI is InChI=1S/C18H16O5/c1-11(18(21)22)15-10-14(8-9-16(15)23-12(2)19)17(20)13-6-4-3-5-7-13/h3-11H,1-2H3,(H,21,22). The van der Waals surface area contributed by atoms with Gasteiger partial charge in [0.15, 0.2) is 5.78 Å². The first-order chi connectivity index (χ1) is 10.9. The minimum atomic E-state index is -1.07. The SMILES string of the molecule is CC(=O)Oc1ccc(C(=O)c2ccccc2)cc1C(C)C(=O)O. The number of ether oxygens (including phenoxy) is 1. The Morgan fingerprint density at radius 2 is 1.65 bits per heavy atom. The molecule has 5 nitrogen and oxygen atoms in total. The van der Waals surface area contributed by atoms with Crippen LogP contribution in [0.2, 0.25) is 0 Å². The number of rotatable bonds is 5. The number of carboxylic acid groups (broad SMARTS) is 1. The van der Waals surface area contributed by atoms with Crippen molar-refractivity contribution in [2.45, 2.75) is 19.8 Å². The van der Waals surface area contributed by atoms with Crippen LogP contribution in [0.5, 0.6) is 5.75 Å². The Labute approximate surface area is 133 Å². The molecule has 5 heteroatoms. The number of hydrogen-bond acceptors (Lipinski definition) is 4. The summed E-state index contributed by atoms with van der Waals surface area (Å²) < 4.78 is 5.04. The Morgan fingerprint density at radius 1 is 1.00 bits per heavy atom. The minimum Gasteiger partial charge on any atom is -0.481 e. The zero-order valence-corrected chi connectivity index (χ0v) is 12.8. The highest BCUT2D eigenvalue weighted by atomic mass is 16.5. The fourth-order valence-electron chi connectivity index (χ4n) is 2.17. The summed E-state index contributed by atoms with van der Waals surface area (Å²) >= 11 is 0. The number of benzene rings is 2. The molecule has 2 aromatic carbocycles. The van der Waals surface area contributed by atoms with Gasteiger partial charge in [-0.3, -0.25) is 14.4 Å². The lowest BCUT2D eigenvalue weighted by Crippen LogP contribution is -2.13. The van der Waals surface area contributed by atoms with Gasteiger partial charge in [0.1, 0.15) is 5.75 Å². The van der Waals surface area contributed by atoms with E-state index < -0.39 is 17.9 Å². The molecule has 0 amide bonds. The van der Waals surface area contributed by atoms with Crippen molar-refractivity contribution in [1.82, 2.24) is 0 Å². The van der Waals surface area contributed by atoms with Gasteiger partial charge < -0.3 is 9.84 Å². The first kappa shape index (κ1) is 16.4. The number of hydrogen-bond donors (Lipinski definition) is 1. The van der Waals surface area contributed by atoms with Gasteiger partial charge in [0.05, 0.1) is 5.92 Å². The Bertz CT molecular complexity index is 749. The van der Waals surface area contributed by atoms with Gasteiger partial charge in [-0.2, -0.15) is 0 Å². The summed E-state index contributed by atoms with van der Waals surface area (Å²) in [7, 11) is 0. The fraction of sp³-hybridized carbons (Fsp3) is 0.167. The molecule has 118 valence electrons. The van der Waals surface area contributed by atoms with E-state index in [0.29, 0.717) is 11.1 Å². The summed E-state index contributed by atoms with van der Waals surface area (Å²) in [6.45, 7) is 2.71. The Balaban J connectivity index is 2.47. The lowest BCUT2D eigenvalue weighted by atomic mass is 9.95. The Kier molecular flexibility index (Phi) is 4.91. The van der Waals surface area contributed by atoms with Crippen LogP contribution in [0.4, 0.5) is 0 Å². The topological polar surface area (TPSA) is 80.7 Å². The summed E-state index contributed by atoms with van der Waals surface area (Å²) in [6, 6.07) is 13.1. The average Bonchev–Trinajstić information content (AvgIpc) is 2.54. The smallest absolute Gasteiger partial charge is 0.310 e. The average molecular weight is 312 g/mol. The van der Waals surface area contributed by atoms with Gasteiger partial charge in [-0.05, 0) is 25.1 Å². The second-order valence-electron chi connectivity index (χ2n) is 5.10. The van der Waals surface area contributed by atoms with Crippen LogP contribution in [-0.2, 0) is 9.59 Å². The maximum atomic E-state index is 12.5.